The van der Waals surface area contributed by atoms with E-state index in [0.29, 0.717) is 27.0 Å². The Morgan fingerprint density at radius 3 is 2.62 bits per heavy atom. The summed E-state index contributed by atoms with van der Waals surface area (Å²) in [6, 6.07) is 6.94. The van der Waals surface area contributed by atoms with Crippen molar-refractivity contribution in [2.75, 3.05) is 0 Å². The van der Waals surface area contributed by atoms with Crippen LogP contribution in [0.1, 0.15) is 5.82 Å². The molecule has 3 rings (SSSR count). The minimum Gasteiger partial charge on any atom is -0.294 e. The molecule has 0 saturated heterocycles. The first-order valence-electron chi connectivity index (χ1n) is 5.89. The number of fused-ring (bicyclic) bond motifs is 1. The van der Waals surface area contributed by atoms with Crippen LogP contribution in [0.25, 0.3) is 16.7 Å². The molecule has 0 aliphatic rings. The van der Waals surface area contributed by atoms with Crippen molar-refractivity contribution in [2.24, 2.45) is 0 Å². The van der Waals surface area contributed by atoms with E-state index in [2.05, 4.69) is 20.9 Å². The van der Waals surface area contributed by atoms with E-state index in [4.69, 9.17) is 23.2 Å². The molecule has 0 bridgehead atoms. The number of hydrogen-bond donors (Lipinski definition) is 0. The maximum Gasteiger partial charge on any atom is 0.139 e. The van der Waals surface area contributed by atoms with Gasteiger partial charge in [0.25, 0.3) is 0 Å². The van der Waals surface area contributed by atoms with Gasteiger partial charge in [0.2, 0.25) is 0 Å². The SMILES string of the molecule is Fc1ccc(-n2c(CCl)nc3cc(F)c(Br)cc32)c(Cl)c1. The summed E-state index contributed by atoms with van der Waals surface area (Å²) >= 11 is 15.2. The Balaban J connectivity index is 2.37. The quantitative estimate of drug-likeness (QED) is 0.530. The van der Waals surface area contributed by atoms with Gasteiger partial charge in [-0.2, -0.15) is 0 Å². The Hall–Kier alpha value is -1.17. The minimum atomic E-state index is -0.437. The van der Waals surface area contributed by atoms with Crippen molar-refractivity contribution in [3.63, 3.8) is 0 Å². The van der Waals surface area contributed by atoms with Gasteiger partial charge in [-0.3, -0.25) is 4.57 Å². The number of aromatic nitrogens is 2. The number of halogens is 5. The van der Waals surface area contributed by atoms with Gasteiger partial charge in [0.15, 0.2) is 0 Å². The molecule has 108 valence electrons. The van der Waals surface area contributed by atoms with Crippen molar-refractivity contribution in [2.45, 2.75) is 5.88 Å². The van der Waals surface area contributed by atoms with Crippen LogP contribution in [0.2, 0.25) is 5.02 Å². The van der Waals surface area contributed by atoms with Gasteiger partial charge >= 0.3 is 0 Å². The summed E-state index contributed by atoms with van der Waals surface area (Å²) in [5, 5.41) is 0.223. The van der Waals surface area contributed by atoms with E-state index in [1.54, 1.807) is 10.6 Å². The Morgan fingerprint density at radius 2 is 1.95 bits per heavy atom. The lowest BCUT2D eigenvalue weighted by Crippen LogP contribution is -2.00. The summed E-state index contributed by atoms with van der Waals surface area (Å²) in [5.41, 5.74) is 1.62. The third kappa shape index (κ3) is 2.54. The molecule has 3 aromatic rings. The number of benzene rings is 2. The van der Waals surface area contributed by atoms with Crippen molar-refractivity contribution in [3.05, 3.63) is 57.3 Å². The van der Waals surface area contributed by atoms with E-state index >= 15 is 0 Å². The first-order chi connectivity index (χ1) is 10.0. The fourth-order valence-electron chi connectivity index (χ4n) is 2.14. The van der Waals surface area contributed by atoms with Gasteiger partial charge in [-0.15, -0.1) is 11.6 Å². The molecule has 21 heavy (non-hydrogen) atoms. The molecule has 2 nitrogen and oxygen atoms in total. The highest BCUT2D eigenvalue weighted by Crippen LogP contribution is 2.30. The monoisotopic (exact) mass is 390 g/mol. The lowest BCUT2D eigenvalue weighted by molar-refractivity contribution is 0.623. The Labute approximate surface area is 137 Å². The van der Waals surface area contributed by atoms with Crippen LogP contribution in [0, 0.1) is 11.6 Å². The van der Waals surface area contributed by atoms with E-state index < -0.39 is 11.6 Å². The maximum atomic E-state index is 13.6. The van der Waals surface area contributed by atoms with Crippen LogP contribution in [-0.4, -0.2) is 9.55 Å². The molecule has 2 aromatic carbocycles. The molecule has 0 N–H and O–H groups in total. The van der Waals surface area contributed by atoms with Crippen molar-refractivity contribution < 1.29 is 8.78 Å². The zero-order valence-corrected chi connectivity index (χ0v) is 13.5. The van der Waals surface area contributed by atoms with Crippen molar-refractivity contribution in [1.29, 1.82) is 0 Å². The normalized spacial score (nSPS) is 11.3. The second-order valence-electron chi connectivity index (χ2n) is 4.35. The van der Waals surface area contributed by atoms with Crippen LogP contribution in [0.5, 0.6) is 0 Å². The Kier molecular flexibility index (Phi) is 3.90. The summed E-state index contributed by atoms with van der Waals surface area (Å²) in [4.78, 5) is 4.29. The number of alkyl halides is 1. The summed E-state index contributed by atoms with van der Waals surface area (Å²) < 4.78 is 28.8. The zero-order chi connectivity index (χ0) is 15.1. The average molecular weight is 392 g/mol. The molecule has 7 heteroatoms. The number of hydrogen-bond acceptors (Lipinski definition) is 1. The van der Waals surface area contributed by atoms with Crippen molar-refractivity contribution in [3.8, 4) is 5.69 Å². The third-order valence-electron chi connectivity index (χ3n) is 3.04. The van der Waals surface area contributed by atoms with Gasteiger partial charge in [0.1, 0.15) is 17.5 Å². The Morgan fingerprint density at radius 1 is 1.19 bits per heavy atom. The summed E-state index contributed by atoms with van der Waals surface area (Å²) in [6.07, 6.45) is 0. The largest absolute Gasteiger partial charge is 0.294 e. The average Bonchev–Trinajstić information content (AvgIpc) is 2.77. The zero-order valence-electron chi connectivity index (χ0n) is 10.4. The molecule has 0 fully saturated rings. The molecule has 0 aliphatic carbocycles. The van der Waals surface area contributed by atoms with Gasteiger partial charge in [-0.25, -0.2) is 13.8 Å². The predicted molar refractivity (Wildman–Crippen MR) is 83.3 cm³/mol. The molecule has 1 heterocycles. The molecular weight excluding hydrogens is 385 g/mol. The topological polar surface area (TPSA) is 17.8 Å². The first-order valence-corrected chi connectivity index (χ1v) is 7.59. The molecule has 0 saturated carbocycles. The molecule has 0 atom stereocenters. The number of nitrogens with zero attached hydrogens (tertiary/aromatic N) is 2. The molecule has 0 spiro atoms. The Bertz CT molecular complexity index is 849. The van der Waals surface area contributed by atoms with Crippen LogP contribution in [0.15, 0.2) is 34.8 Å². The predicted octanol–water partition coefficient (Wildman–Crippen LogP) is 5.46. The van der Waals surface area contributed by atoms with Gasteiger partial charge in [0, 0.05) is 6.07 Å². The molecule has 1 aromatic heterocycles. The van der Waals surface area contributed by atoms with Crippen LogP contribution < -0.4 is 0 Å². The van der Waals surface area contributed by atoms with Crippen LogP contribution in [0.3, 0.4) is 0 Å². The minimum absolute atomic E-state index is 0.113. The van der Waals surface area contributed by atoms with E-state index in [9.17, 15) is 8.78 Å². The standard InChI is InChI=1S/C14H7BrCl2F2N2/c15-8-4-13-11(5-10(8)19)20-14(6-16)21(13)12-2-1-7(18)3-9(12)17/h1-5H,6H2. The fraction of sp³-hybridized carbons (Fsp3) is 0.0714. The molecule has 0 amide bonds. The third-order valence-corrected chi connectivity index (χ3v) is 4.19. The molecular formula is C14H7BrCl2F2N2. The molecule has 0 aliphatic heterocycles. The van der Waals surface area contributed by atoms with Crippen LogP contribution >= 0.6 is 39.1 Å². The van der Waals surface area contributed by atoms with Gasteiger partial charge < -0.3 is 0 Å². The summed E-state index contributed by atoms with van der Waals surface area (Å²) in [6.45, 7) is 0. The lowest BCUT2D eigenvalue weighted by atomic mass is 10.2. The van der Waals surface area contributed by atoms with Crippen molar-refractivity contribution >= 4 is 50.2 Å². The highest BCUT2D eigenvalue weighted by atomic mass is 79.9. The fourth-order valence-corrected chi connectivity index (χ4v) is 2.91. The molecule has 0 radical (unpaired) electrons. The summed E-state index contributed by atoms with van der Waals surface area (Å²) in [5.74, 6) is -0.245. The van der Waals surface area contributed by atoms with Gasteiger partial charge in [0.05, 0.1) is 32.1 Å². The summed E-state index contributed by atoms with van der Waals surface area (Å²) in [7, 11) is 0. The van der Waals surface area contributed by atoms with E-state index in [-0.39, 0.29) is 10.9 Å². The van der Waals surface area contributed by atoms with Crippen molar-refractivity contribution in [1.82, 2.24) is 9.55 Å². The second kappa shape index (κ2) is 5.55. The van der Waals surface area contributed by atoms with E-state index in [1.165, 1.54) is 24.3 Å². The van der Waals surface area contributed by atoms with Crippen LogP contribution in [0.4, 0.5) is 8.78 Å². The smallest absolute Gasteiger partial charge is 0.139 e. The van der Waals surface area contributed by atoms with E-state index in [0.717, 1.165) is 0 Å². The van der Waals surface area contributed by atoms with Gasteiger partial charge in [-0.05, 0) is 40.2 Å². The molecule has 0 unspecified atom stereocenters. The lowest BCUT2D eigenvalue weighted by Gasteiger charge is -2.10. The number of rotatable bonds is 2. The van der Waals surface area contributed by atoms with Gasteiger partial charge in [-0.1, -0.05) is 11.6 Å². The van der Waals surface area contributed by atoms with Crippen LogP contribution in [-0.2, 0) is 5.88 Å². The highest BCUT2D eigenvalue weighted by molar-refractivity contribution is 9.10. The van der Waals surface area contributed by atoms with E-state index in [1.807, 2.05) is 0 Å². The number of imidazole rings is 1. The second-order valence-corrected chi connectivity index (χ2v) is 5.88. The first kappa shape index (κ1) is 14.8. The highest BCUT2D eigenvalue weighted by Gasteiger charge is 2.16. The maximum absolute atomic E-state index is 13.6.